The molecule has 0 spiro atoms. The monoisotopic (exact) mass is 284 g/mol. The van der Waals surface area contributed by atoms with Crippen LogP contribution in [0.4, 0.5) is 0 Å². The van der Waals surface area contributed by atoms with Crippen molar-refractivity contribution >= 4 is 19.7 Å². The summed E-state index contributed by atoms with van der Waals surface area (Å²) in [5.41, 5.74) is 0.267. The fourth-order valence-corrected chi connectivity index (χ4v) is 2.32. The van der Waals surface area contributed by atoms with Crippen molar-refractivity contribution in [1.82, 2.24) is 9.55 Å². The second-order valence-corrected chi connectivity index (χ2v) is 6.18. The Morgan fingerprint density at radius 3 is 2.72 bits per heavy atom. The molecule has 0 amide bonds. The van der Waals surface area contributed by atoms with Crippen molar-refractivity contribution in [2.75, 3.05) is 0 Å². The zero-order valence-corrected chi connectivity index (χ0v) is 10.7. The van der Waals surface area contributed by atoms with Gasteiger partial charge < -0.3 is 0 Å². The molecule has 0 N–H and O–H groups in total. The van der Waals surface area contributed by atoms with Gasteiger partial charge in [-0.2, -0.15) is 0 Å². The number of hydrogen-bond donors (Lipinski definition) is 0. The summed E-state index contributed by atoms with van der Waals surface area (Å²) in [6.07, 6.45) is 2.98. The molecular formula is C11H9ClN2O3S. The number of nitrogens with zero attached hydrogens (tertiary/aromatic N) is 2. The number of rotatable bonds is 3. The second kappa shape index (κ2) is 4.91. The van der Waals surface area contributed by atoms with Crippen molar-refractivity contribution in [2.45, 2.75) is 11.4 Å². The van der Waals surface area contributed by atoms with Gasteiger partial charge in [0.05, 0.1) is 11.4 Å². The van der Waals surface area contributed by atoms with Gasteiger partial charge in [0.1, 0.15) is 0 Å². The highest BCUT2D eigenvalue weighted by atomic mass is 35.7. The maximum Gasteiger partial charge on any atom is 0.347 e. The topological polar surface area (TPSA) is 69.0 Å². The maximum absolute atomic E-state index is 11.4. The van der Waals surface area contributed by atoms with Gasteiger partial charge in [0.25, 0.3) is 9.05 Å². The molecule has 94 valence electrons. The Morgan fingerprint density at radius 2 is 2.06 bits per heavy atom. The van der Waals surface area contributed by atoms with Crippen LogP contribution in [0.1, 0.15) is 5.56 Å². The first-order valence-corrected chi connectivity index (χ1v) is 7.33. The van der Waals surface area contributed by atoms with Gasteiger partial charge in [-0.3, -0.25) is 4.57 Å². The van der Waals surface area contributed by atoms with Gasteiger partial charge in [-0.05, 0) is 23.8 Å². The Morgan fingerprint density at radius 1 is 1.28 bits per heavy atom. The first-order chi connectivity index (χ1) is 8.47. The largest absolute Gasteiger partial charge is 0.347 e. The number of aromatic nitrogens is 2. The molecule has 2 aromatic rings. The van der Waals surface area contributed by atoms with E-state index in [9.17, 15) is 13.2 Å². The van der Waals surface area contributed by atoms with Gasteiger partial charge >= 0.3 is 5.69 Å². The SMILES string of the molecule is O=c1ncccn1Cc1cccc(S(=O)(=O)Cl)c1. The van der Waals surface area contributed by atoms with E-state index in [-0.39, 0.29) is 11.4 Å². The lowest BCUT2D eigenvalue weighted by atomic mass is 10.2. The minimum Gasteiger partial charge on any atom is -0.295 e. The first kappa shape index (κ1) is 12.8. The van der Waals surface area contributed by atoms with Crippen molar-refractivity contribution in [1.29, 1.82) is 0 Å². The van der Waals surface area contributed by atoms with E-state index in [1.807, 2.05) is 0 Å². The third-order valence-corrected chi connectivity index (χ3v) is 3.67. The summed E-state index contributed by atoms with van der Waals surface area (Å²) in [6.45, 7) is 0.243. The van der Waals surface area contributed by atoms with Crippen LogP contribution in [0.3, 0.4) is 0 Å². The van der Waals surface area contributed by atoms with Gasteiger partial charge in [0.2, 0.25) is 0 Å². The average Bonchev–Trinajstić information content (AvgIpc) is 2.31. The Hall–Kier alpha value is -1.66. The second-order valence-electron chi connectivity index (χ2n) is 3.62. The normalized spacial score (nSPS) is 11.4. The molecule has 0 atom stereocenters. The molecule has 0 fully saturated rings. The van der Waals surface area contributed by atoms with E-state index in [2.05, 4.69) is 4.98 Å². The molecule has 0 saturated carbocycles. The average molecular weight is 285 g/mol. The summed E-state index contributed by atoms with van der Waals surface area (Å²) < 4.78 is 23.8. The number of benzene rings is 1. The fourth-order valence-electron chi connectivity index (χ4n) is 1.50. The van der Waals surface area contributed by atoms with E-state index < -0.39 is 14.7 Å². The zero-order chi connectivity index (χ0) is 13.2. The van der Waals surface area contributed by atoms with Crippen LogP contribution in [0, 0.1) is 0 Å². The summed E-state index contributed by atoms with van der Waals surface area (Å²) >= 11 is 0. The molecule has 0 aliphatic carbocycles. The Labute approximate surface area is 108 Å². The highest BCUT2D eigenvalue weighted by Crippen LogP contribution is 2.16. The molecule has 0 aliphatic heterocycles. The van der Waals surface area contributed by atoms with Crippen LogP contribution in [0.2, 0.25) is 0 Å². The van der Waals surface area contributed by atoms with E-state index in [0.29, 0.717) is 5.56 Å². The minimum absolute atomic E-state index is 0.0126. The first-order valence-electron chi connectivity index (χ1n) is 5.02. The molecule has 7 heteroatoms. The van der Waals surface area contributed by atoms with Gasteiger partial charge in [-0.25, -0.2) is 18.2 Å². The van der Waals surface area contributed by atoms with E-state index in [1.165, 1.54) is 22.9 Å². The third-order valence-electron chi connectivity index (χ3n) is 2.32. The van der Waals surface area contributed by atoms with E-state index in [4.69, 9.17) is 10.7 Å². The fraction of sp³-hybridized carbons (Fsp3) is 0.0909. The van der Waals surface area contributed by atoms with Crippen LogP contribution in [0.5, 0.6) is 0 Å². The summed E-state index contributed by atoms with van der Waals surface area (Å²) in [5, 5.41) is 0. The molecule has 5 nitrogen and oxygen atoms in total. The van der Waals surface area contributed by atoms with E-state index in [1.54, 1.807) is 24.4 Å². The van der Waals surface area contributed by atoms with Crippen LogP contribution in [0.25, 0.3) is 0 Å². The lowest BCUT2D eigenvalue weighted by Crippen LogP contribution is -2.21. The molecule has 0 radical (unpaired) electrons. The quantitative estimate of drug-likeness (QED) is 0.795. The zero-order valence-electron chi connectivity index (χ0n) is 9.15. The lowest BCUT2D eigenvalue weighted by Gasteiger charge is -2.05. The molecular weight excluding hydrogens is 276 g/mol. The predicted molar refractivity (Wildman–Crippen MR) is 67.1 cm³/mol. The Balaban J connectivity index is 2.37. The van der Waals surface area contributed by atoms with Crippen molar-refractivity contribution in [2.24, 2.45) is 0 Å². The summed E-state index contributed by atoms with van der Waals surface area (Å²) in [6, 6.07) is 7.75. The smallest absolute Gasteiger partial charge is 0.295 e. The van der Waals surface area contributed by atoms with Crippen LogP contribution in [0.15, 0.2) is 52.4 Å². The highest BCUT2D eigenvalue weighted by molar-refractivity contribution is 8.13. The summed E-state index contributed by atoms with van der Waals surface area (Å²) in [7, 11) is 1.50. The van der Waals surface area contributed by atoms with Crippen molar-refractivity contribution < 1.29 is 8.42 Å². The van der Waals surface area contributed by atoms with Gasteiger partial charge in [-0.15, -0.1) is 0 Å². The Bertz CT molecular complexity index is 725. The van der Waals surface area contributed by atoms with Gasteiger partial charge in [0.15, 0.2) is 0 Å². The molecule has 0 unspecified atom stereocenters. The molecule has 1 aromatic carbocycles. The number of hydrogen-bond acceptors (Lipinski definition) is 4. The third kappa shape index (κ3) is 2.96. The van der Waals surface area contributed by atoms with Crippen LogP contribution < -0.4 is 5.69 Å². The molecule has 1 heterocycles. The van der Waals surface area contributed by atoms with Crippen molar-refractivity contribution in [3.05, 3.63) is 58.8 Å². The number of halogens is 1. The molecule has 0 aliphatic rings. The van der Waals surface area contributed by atoms with Crippen molar-refractivity contribution in [3.8, 4) is 0 Å². The van der Waals surface area contributed by atoms with Crippen LogP contribution in [-0.4, -0.2) is 18.0 Å². The molecule has 0 bridgehead atoms. The predicted octanol–water partition coefficient (Wildman–Crippen LogP) is 1.22. The standard InChI is InChI=1S/C11H9ClN2O3S/c12-18(16,17)10-4-1-3-9(7-10)8-14-6-2-5-13-11(14)15/h1-7H,8H2. The van der Waals surface area contributed by atoms with Gasteiger partial charge in [0, 0.05) is 23.1 Å². The van der Waals surface area contributed by atoms with E-state index >= 15 is 0 Å². The highest BCUT2D eigenvalue weighted by Gasteiger charge is 2.10. The summed E-state index contributed by atoms with van der Waals surface area (Å²) in [4.78, 5) is 15.0. The molecule has 0 saturated heterocycles. The van der Waals surface area contributed by atoms with Crippen LogP contribution >= 0.6 is 10.7 Å². The molecule has 1 aromatic heterocycles. The lowest BCUT2D eigenvalue weighted by molar-refractivity contribution is 0.609. The van der Waals surface area contributed by atoms with Crippen LogP contribution in [-0.2, 0) is 15.6 Å². The molecule has 2 rings (SSSR count). The van der Waals surface area contributed by atoms with Crippen molar-refractivity contribution in [3.63, 3.8) is 0 Å². The minimum atomic E-state index is -3.76. The van der Waals surface area contributed by atoms with Gasteiger partial charge in [-0.1, -0.05) is 12.1 Å². The summed E-state index contributed by atoms with van der Waals surface area (Å²) in [5.74, 6) is 0. The van der Waals surface area contributed by atoms with E-state index in [0.717, 1.165) is 0 Å². The molecule has 18 heavy (non-hydrogen) atoms. The maximum atomic E-state index is 11.4. The Kier molecular flexibility index (Phi) is 3.49.